The van der Waals surface area contributed by atoms with Gasteiger partial charge in [0.1, 0.15) is 12.3 Å². The number of rotatable bonds is 3. The van der Waals surface area contributed by atoms with E-state index < -0.39 is 6.04 Å². The Kier molecular flexibility index (Phi) is 3.49. The topological polar surface area (TPSA) is 69.6 Å². The summed E-state index contributed by atoms with van der Waals surface area (Å²) in [5.41, 5.74) is 1.58. The van der Waals surface area contributed by atoms with Gasteiger partial charge in [0.15, 0.2) is 0 Å². The van der Waals surface area contributed by atoms with Gasteiger partial charge in [0, 0.05) is 0 Å². The van der Waals surface area contributed by atoms with E-state index in [4.69, 9.17) is 10.3 Å². The molecular weight excluding hydrogens is 98.0 g/mol. The van der Waals surface area contributed by atoms with Crippen molar-refractivity contribution in [3.63, 3.8) is 0 Å². The van der Waals surface area contributed by atoms with Crippen molar-refractivity contribution in [3.8, 4) is 0 Å². The average molecular weight is 105 g/mol. The maximum Gasteiger partial charge on any atom is 0.141 e. The predicted molar refractivity (Wildman–Crippen MR) is 21.9 cm³/mol. The first kappa shape index (κ1) is 6.55. The van der Waals surface area contributed by atoms with Crippen LogP contribution in [0.5, 0.6) is 0 Å². The normalized spacial score (nSPS) is 13.4. The molecule has 0 saturated heterocycles. The smallest absolute Gasteiger partial charge is 0.141 e. The lowest BCUT2D eigenvalue weighted by Gasteiger charge is -1.98. The van der Waals surface area contributed by atoms with E-state index in [-0.39, 0.29) is 6.61 Å². The van der Waals surface area contributed by atoms with Crippen LogP contribution in [0.1, 0.15) is 0 Å². The van der Waals surface area contributed by atoms with Crippen molar-refractivity contribution >= 4 is 6.29 Å². The third kappa shape index (κ3) is 2.27. The van der Waals surface area contributed by atoms with E-state index in [1.54, 1.807) is 5.48 Å². The molecule has 1 atom stereocenters. The van der Waals surface area contributed by atoms with Gasteiger partial charge < -0.3 is 15.1 Å². The van der Waals surface area contributed by atoms with Crippen LogP contribution >= 0.6 is 0 Å². The van der Waals surface area contributed by atoms with Gasteiger partial charge in [-0.15, -0.1) is 0 Å². The van der Waals surface area contributed by atoms with Crippen molar-refractivity contribution in [2.45, 2.75) is 6.04 Å². The summed E-state index contributed by atoms with van der Waals surface area (Å²) in [4.78, 5) is 9.58. The SMILES string of the molecule is O=C[C@H](CO)NO. The summed E-state index contributed by atoms with van der Waals surface area (Å²) < 4.78 is 0. The molecule has 0 bridgehead atoms. The van der Waals surface area contributed by atoms with E-state index in [0.717, 1.165) is 0 Å². The number of carbonyl (C=O) groups is 1. The highest BCUT2D eigenvalue weighted by molar-refractivity contribution is 5.57. The number of hydrogen-bond donors (Lipinski definition) is 3. The van der Waals surface area contributed by atoms with E-state index in [9.17, 15) is 4.79 Å². The van der Waals surface area contributed by atoms with Crippen LogP contribution in [0.3, 0.4) is 0 Å². The van der Waals surface area contributed by atoms with E-state index in [0.29, 0.717) is 6.29 Å². The monoisotopic (exact) mass is 105 g/mol. The zero-order valence-corrected chi connectivity index (χ0v) is 3.66. The van der Waals surface area contributed by atoms with E-state index >= 15 is 0 Å². The molecule has 4 nitrogen and oxygen atoms in total. The quantitative estimate of drug-likeness (QED) is 0.302. The lowest BCUT2D eigenvalue weighted by atomic mass is 10.4. The molecule has 0 radical (unpaired) electrons. The Hall–Kier alpha value is -0.450. The fourth-order valence-electron chi connectivity index (χ4n) is 0.114. The third-order valence-electron chi connectivity index (χ3n) is 0.527. The molecule has 0 saturated carbocycles. The number of aliphatic hydroxyl groups is 1. The molecule has 0 aromatic rings. The van der Waals surface area contributed by atoms with Gasteiger partial charge in [-0.1, -0.05) is 0 Å². The summed E-state index contributed by atoms with van der Waals surface area (Å²) in [6, 6.07) is -0.833. The largest absolute Gasteiger partial charge is 0.394 e. The Morgan fingerprint density at radius 1 is 1.86 bits per heavy atom. The summed E-state index contributed by atoms with van der Waals surface area (Å²) in [6.07, 6.45) is 0.417. The Labute approximate surface area is 40.7 Å². The molecule has 0 heterocycles. The van der Waals surface area contributed by atoms with Gasteiger partial charge in [-0.25, -0.2) is 0 Å². The second kappa shape index (κ2) is 3.73. The number of carbonyl (C=O) groups excluding carboxylic acids is 1. The summed E-state index contributed by atoms with van der Waals surface area (Å²) in [6.45, 7) is -0.375. The lowest BCUT2D eigenvalue weighted by molar-refractivity contribution is -0.112. The van der Waals surface area contributed by atoms with E-state index in [2.05, 4.69) is 0 Å². The van der Waals surface area contributed by atoms with Crippen molar-refractivity contribution < 1.29 is 15.1 Å². The van der Waals surface area contributed by atoms with Crippen LogP contribution in [-0.2, 0) is 4.79 Å². The van der Waals surface area contributed by atoms with Crippen LogP contribution in [0.15, 0.2) is 0 Å². The molecule has 7 heavy (non-hydrogen) atoms. The van der Waals surface area contributed by atoms with Gasteiger partial charge in [-0.2, -0.15) is 5.48 Å². The van der Waals surface area contributed by atoms with Crippen molar-refractivity contribution in [2.24, 2.45) is 0 Å². The summed E-state index contributed by atoms with van der Waals surface area (Å²) in [5, 5.41) is 16.0. The molecule has 0 aromatic heterocycles. The van der Waals surface area contributed by atoms with Crippen molar-refractivity contribution in [2.75, 3.05) is 6.61 Å². The van der Waals surface area contributed by atoms with Crippen LogP contribution in [0, 0.1) is 0 Å². The molecule has 0 amide bonds. The standard InChI is InChI=1S/C3H7NO3/c5-1-3(2-6)4-7/h1,3-4,6-7H,2H2/t3-/m1/s1. The van der Waals surface area contributed by atoms with Crippen LogP contribution < -0.4 is 5.48 Å². The summed E-state index contributed by atoms with van der Waals surface area (Å²) in [5.74, 6) is 0. The number of aliphatic hydroxyl groups excluding tert-OH is 1. The fraction of sp³-hybridized carbons (Fsp3) is 0.667. The highest BCUT2D eigenvalue weighted by Gasteiger charge is 1.98. The molecule has 0 aliphatic heterocycles. The Morgan fingerprint density at radius 3 is 2.43 bits per heavy atom. The van der Waals surface area contributed by atoms with Crippen molar-refractivity contribution in [1.29, 1.82) is 0 Å². The van der Waals surface area contributed by atoms with Crippen LogP contribution in [0.25, 0.3) is 0 Å². The number of hydroxylamine groups is 1. The van der Waals surface area contributed by atoms with Gasteiger partial charge in [-0.3, -0.25) is 0 Å². The molecule has 4 heteroatoms. The Morgan fingerprint density at radius 2 is 2.43 bits per heavy atom. The highest BCUT2D eigenvalue weighted by atomic mass is 16.5. The van der Waals surface area contributed by atoms with Gasteiger partial charge >= 0.3 is 0 Å². The molecule has 0 aliphatic carbocycles. The van der Waals surface area contributed by atoms with Crippen LogP contribution in [0.4, 0.5) is 0 Å². The molecule has 0 unspecified atom stereocenters. The third-order valence-corrected chi connectivity index (χ3v) is 0.527. The Bertz CT molecular complexity index is 52.1. The average Bonchev–Trinajstić information content (AvgIpc) is 1.72. The van der Waals surface area contributed by atoms with Crippen LogP contribution in [0.2, 0.25) is 0 Å². The molecule has 0 aromatic carbocycles. The highest BCUT2D eigenvalue weighted by Crippen LogP contribution is 1.67. The zero-order chi connectivity index (χ0) is 5.70. The zero-order valence-electron chi connectivity index (χ0n) is 3.66. The van der Waals surface area contributed by atoms with Gasteiger partial charge in [-0.05, 0) is 0 Å². The number of nitrogens with one attached hydrogen (secondary N) is 1. The van der Waals surface area contributed by atoms with Crippen molar-refractivity contribution in [1.82, 2.24) is 5.48 Å². The second-order valence-corrected chi connectivity index (χ2v) is 1.05. The Balaban J connectivity index is 3.16. The maximum absolute atomic E-state index is 9.58. The molecule has 3 N–H and O–H groups in total. The first-order chi connectivity index (χ1) is 3.35. The molecule has 0 rings (SSSR count). The summed E-state index contributed by atoms with van der Waals surface area (Å²) >= 11 is 0. The molecule has 0 spiro atoms. The first-order valence-electron chi connectivity index (χ1n) is 1.81. The van der Waals surface area contributed by atoms with Gasteiger partial charge in [0.25, 0.3) is 0 Å². The fourth-order valence-corrected chi connectivity index (χ4v) is 0.114. The summed E-state index contributed by atoms with van der Waals surface area (Å²) in [7, 11) is 0. The predicted octanol–water partition coefficient (Wildman–Crippen LogP) is -1.47. The molecule has 0 aliphatic rings. The first-order valence-corrected chi connectivity index (χ1v) is 1.81. The minimum Gasteiger partial charge on any atom is -0.394 e. The molecule has 42 valence electrons. The molecular formula is C3H7NO3. The number of hydrogen-bond acceptors (Lipinski definition) is 4. The van der Waals surface area contributed by atoms with Crippen molar-refractivity contribution in [3.05, 3.63) is 0 Å². The number of aldehydes is 1. The minimum absolute atomic E-state index is 0.375. The maximum atomic E-state index is 9.58. The van der Waals surface area contributed by atoms with E-state index in [1.807, 2.05) is 0 Å². The van der Waals surface area contributed by atoms with Gasteiger partial charge in [0.05, 0.1) is 6.61 Å². The van der Waals surface area contributed by atoms with Crippen LogP contribution in [-0.4, -0.2) is 29.2 Å². The van der Waals surface area contributed by atoms with E-state index in [1.165, 1.54) is 0 Å². The lowest BCUT2D eigenvalue weighted by Crippen LogP contribution is -2.30. The molecule has 0 fully saturated rings. The second-order valence-electron chi connectivity index (χ2n) is 1.05. The minimum atomic E-state index is -0.833. The van der Waals surface area contributed by atoms with Gasteiger partial charge in [0.2, 0.25) is 0 Å².